The molecular formula is C29H31Cl2FN2O2S. The summed E-state index contributed by atoms with van der Waals surface area (Å²) in [4.78, 5) is 28.5. The number of halogens is 3. The van der Waals surface area contributed by atoms with Gasteiger partial charge in [-0.05, 0) is 35.2 Å². The third-order valence-electron chi connectivity index (χ3n) is 5.79. The van der Waals surface area contributed by atoms with Crippen LogP contribution in [0.3, 0.4) is 0 Å². The van der Waals surface area contributed by atoms with Crippen molar-refractivity contribution in [3.05, 3.63) is 105 Å². The molecule has 0 unspecified atom stereocenters. The maximum absolute atomic E-state index is 14.6. The fourth-order valence-corrected chi connectivity index (χ4v) is 5.43. The van der Waals surface area contributed by atoms with Gasteiger partial charge < -0.3 is 10.2 Å². The van der Waals surface area contributed by atoms with E-state index in [9.17, 15) is 14.0 Å². The average molecular weight is 562 g/mol. The number of amides is 2. The molecule has 0 spiro atoms. The van der Waals surface area contributed by atoms with Crippen LogP contribution in [0.25, 0.3) is 0 Å². The van der Waals surface area contributed by atoms with Gasteiger partial charge in [-0.3, -0.25) is 9.59 Å². The molecule has 2 amide bonds. The molecule has 3 rings (SSSR count). The van der Waals surface area contributed by atoms with Gasteiger partial charge in [0, 0.05) is 40.9 Å². The molecule has 196 valence electrons. The van der Waals surface area contributed by atoms with E-state index in [1.54, 1.807) is 36.4 Å². The summed E-state index contributed by atoms with van der Waals surface area (Å²) >= 11 is 13.9. The number of hydrogen-bond donors (Lipinski definition) is 1. The summed E-state index contributed by atoms with van der Waals surface area (Å²) < 4.78 is 14.6. The molecule has 8 heteroatoms. The lowest BCUT2D eigenvalue weighted by Crippen LogP contribution is -2.51. The van der Waals surface area contributed by atoms with Gasteiger partial charge in [-0.15, -0.1) is 11.8 Å². The van der Waals surface area contributed by atoms with E-state index in [-0.39, 0.29) is 30.0 Å². The lowest BCUT2D eigenvalue weighted by molar-refractivity contribution is -0.139. The molecule has 37 heavy (non-hydrogen) atoms. The number of thioether (sulfide) groups is 1. The van der Waals surface area contributed by atoms with Gasteiger partial charge in [-0.2, -0.15) is 0 Å². The number of hydrogen-bond acceptors (Lipinski definition) is 3. The first-order chi connectivity index (χ1) is 17.8. The van der Waals surface area contributed by atoms with Gasteiger partial charge in [0.2, 0.25) is 11.8 Å². The normalized spacial score (nSPS) is 11.8. The molecule has 0 heterocycles. The minimum absolute atomic E-state index is 0.0223. The minimum atomic E-state index is -0.808. The Balaban J connectivity index is 1.87. The van der Waals surface area contributed by atoms with Crippen molar-refractivity contribution in [2.45, 2.75) is 38.6 Å². The third kappa shape index (κ3) is 8.77. The maximum atomic E-state index is 14.6. The second-order valence-corrected chi connectivity index (χ2v) is 11.0. The summed E-state index contributed by atoms with van der Waals surface area (Å²) in [7, 11) is 0. The van der Waals surface area contributed by atoms with Gasteiger partial charge in [0.05, 0.1) is 5.75 Å². The van der Waals surface area contributed by atoms with E-state index in [4.69, 9.17) is 23.2 Å². The Morgan fingerprint density at radius 3 is 2.24 bits per heavy atom. The van der Waals surface area contributed by atoms with E-state index in [1.807, 2.05) is 44.2 Å². The van der Waals surface area contributed by atoms with Crippen LogP contribution in [0, 0.1) is 11.7 Å². The molecule has 3 aromatic rings. The highest BCUT2D eigenvalue weighted by molar-refractivity contribution is 7.99. The Morgan fingerprint density at radius 2 is 1.59 bits per heavy atom. The smallest absolute Gasteiger partial charge is 0.243 e. The number of carbonyl (C=O) groups is 2. The first-order valence-corrected chi connectivity index (χ1v) is 14.0. The number of nitrogens with zero attached hydrogens (tertiary/aromatic N) is 1. The van der Waals surface area contributed by atoms with Crippen LogP contribution in [0.4, 0.5) is 4.39 Å². The monoisotopic (exact) mass is 560 g/mol. The summed E-state index contributed by atoms with van der Waals surface area (Å²) in [6.07, 6.45) is 0.311. The molecule has 0 bridgehead atoms. The van der Waals surface area contributed by atoms with Gasteiger partial charge in [0.25, 0.3) is 0 Å². The quantitative estimate of drug-likeness (QED) is 0.265. The molecule has 0 saturated carbocycles. The first-order valence-electron chi connectivity index (χ1n) is 12.1. The van der Waals surface area contributed by atoms with E-state index in [2.05, 4.69) is 5.32 Å². The van der Waals surface area contributed by atoms with Crippen molar-refractivity contribution in [1.82, 2.24) is 10.2 Å². The van der Waals surface area contributed by atoms with Crippen molar-refractivity contribution < 1.29 is 14.0 Å². The van der Waals surface area contributed by atoms with Crippen molar-refractivity contribution in [1.29, 1.82) is 0 Å². The van der Waals surface area contributed by atoms with Gasteiger partial charge >= 0.3 is 0 Å². The van der Waals surface area contributed by atoms with Crippen molar-refractivity contribution in [3.63, 3.8) is 0 Å². The molecule has 0 aliphatic heterocycles. The Kier molecular flexibility index (Phi) is 11.3. The number of benzene rings is 3. The fraction of sp³-hybridized carbons (Fsp3) is 0.310. The van der Waals surface area contributed by atoms with Gasteiger partial charge in [-0.25, -0.2) is 4.39 Å². The van der Waals surface area contributed by atoms with Crippen molar-refractivity contribution in [2.24, 2.45) is 5.92 Å². The fourth-order valence-electron chi connectivity index (χ4n) is 3.78. The van der Waals surface area contributed by atoms with Crippen LogP contribution in [-0.2, 0) is 28.3 Å². The van der Waals surface area contributed by atoms with Crippen LogP contribution in [0.15, 0.2) is 72.8 Å². The van der Waals surface area contributed by atoms with Gasteiger partial charge in [-0.1, -0.05) is 91.6 Å². The Hall–Kier alpha value is -2.54. The van der Waals surface area contributed by atoms with Crippen LogP contribution in [0.2, 0.25) is 10.0 Å². The topological polar surface area (TPSA) is 49.4 Å². The van der Waals surface area contributed by atoms with Crippen LogP contribution in [-0.4, -0.2) is 35.1 Å². The van der Waals surface area contributed by atoms with Crippen LogP contribution >= 0.6 is 35.0 Å². The minimum Gasteiger partial charge on any atom is -0.354 e. The molecule has 4 nitrogen and oxygen atoms in total. The summed E-state index contributed by atoms with van der Waals surface area (Å²) in [6, 6.07) is 20.3. The standard InChI is InChI=1S/C29H31Cl2FN2O2S/c1-20(2)16-33-29(36)27(15-21-9-4-3-5-10-21)34(17-22-11-6-7-14-26(22)32)28(35)19-37-18-23-24(30)12-8-13-25(23)31/h3-14,20,27H,15-19H2,1-2H3,(H,33,36)/t27-/m0/s1. The summed E-state index contributed by atoms with van der Waals surface area (Å²) in [5.41, 5.74) is 2.01. The van der Waals surface area contributed by atoms with E-state index in [1.165, 1.54) is 22.7 Å². The van der Waals surface area contributed by atoms with Crippen LogP contribution in [0.5, 0.6) is 0 Å². The highest BCUT2D eigenvalue weighted by atomic mass is 35.5. The van der Waals surface area contributed by atoms with Crippen molar-refractivity contribution in [3.8, 4) is 0 Å². The van der Waals surface area contributed by atoms with Crippen LogP contribution in [0.1, 0.15) is 30.5 Å². The number of carbonyl (C=O) groups excluding carboxylic acids is 2. The molecular weight excluding hydrogens is 530 g/mol. The highest BCUT2D eigenvalue weighted by Crippen LogP contribution is 2.28. The zero-order valence-corrected chi connectivity index (χ0v) is 23.3. The SMILES string of the molecule is CC(C)CNC(=O)[C@H](Cc1ccccc1)N(Cc1ccccc1F)C(=O)CSCc1c(Cl)cccc1Cl. The molecule has 3 aromatic carbocycles. The zero-order valence-electron chi connectivity index (χ0n) is 20.9. The predicted octanol–water partition coefficient (Wildman–Crippen LogP) is 6.78. The first kappa shape index (κ1) is 29.0. The molecule has 0 radical (unpaired) electrons. The largest absolute Gasteiger partial charge is 0.354 e. The average Bonchev–Trinajstić information content (AvgIpc) is 2.88. The second-order valence-electron chi connectivity index (χ2n) is 9.15. The Labute approximate surface area is 232 Å². The maximum Gasteiger partial charge on any atom is 0.243 e. The molecule has 0 saturated heterocycles. The lowest BCUT2D eigenvalue weighted by Gasteiger charge is -2.32. The summed E-state index contributed by atoms with van der Waals surface area (Å²) in [5.74, 6) is -0.192. The van der Waals surface area contributed by atoms with Crippen molar-refractivity contribution >= 4 is 46.8 Å². The summed E-state index contributed by atoms with van der Waals surface area (Å²) in [6.45, 7) is 4.47. The zero-order chi connectivity index (χ0) is 26.8. The van der Waals surface area contributed by atoms with Gasteiger partial charge in [0.15, 0.2) is 0 Å². The van der Waals surface area contributed by atoms with Crippen molar-refractivity contribution in [2.75, 3.05) is 12.3 Å². The molecule has 0 fully saturated rings. The molecule has 1 N–H and O–H groups in total. The van der Waals surface area contributed by atoms with E-state index in [0.717, 1.165) is 11.1 Å². The number of rotatable bonds is 12. The highest BCUT2D eigenvalue weighted by Gasteiger charge is 2.31. The third-order valence-corrected chi connectivity index (χ3v) is 7.44. The van der Waals surface area contributed by atoms with E-state index < -0.39 is 11.9 Å². The molecule has 0 aliphatic rings. The van der Waals surface area contributed by atoms with Crippen LogP contribution < -0.4 is 5.32 Å². The van der Waals surface area contributed by atoms with E-state index >= 15 is 0 Å². The summed E-state index contributed by atoms with van der Waals surface area (Å²) in [5, 5.41) is 4.03. The molecule has 0 aliphatic carbocycles. The Morgan fingerprint density at radius 1 is 0.946 bits per heavy atom. The predicted molar refractivity (Wildman–Crippen MR) is 151 cm³/mol. The van der Waals surface area contributed by atoms with E-state index in [0.29, 0.717) is 34.3 Å². The lowest BCUT2D eigenvalue weighted by atomic mass is 10.0. The Bertz CT molecular complexity index is 1170. The number of nitrogens with one attached hydrogen (secondary N) is 1. The molecule has 0 aromatic heterocycles. The van der Waals surface area contributed by atoms with Gasteiger partial charge in [0.1, 0.15) is 11.9 Å². The molecule has 1 atom stereocenters. The second kappa shape index (κ2) is 14.4.